The molecule has 0 aliphatic heterocycles. The number of benzene rings is 1. The maximum Gasteiger partial charge on any atom is 0.261 e. The molecule has 1 heterocycles. The molecule has 0 aliphatic carbocycles. The number of aliphatic hydroxyl groups is 1. The summed E-state index contributed by atoms with van der Waals surface area (Å²) in [4.78, 5) is 0.140. The topological polar surface area (TPSA) is 93.5 Å². The first kappa shape index (κ1) is 15.3. The molecule has 2 aromatic rings. The lowest BCUT2D eigenvalue weighted by Gasteiger charge is -2.08. The summed E-state index contributed by atoms with van der Waals surface area (Å²) >= 11 is 0. The van der Waals surface area contributed by atoms with Gasteiger partial charge < -0.3 is 9.84 Å². The SMILES string of the molecule is Cn1cc(NS(=O)(=O)c2ccc(OCCCO)cc2)cn1. The highest BCUT2D eigenvalue weighted by atomic mass is 32.2. The van der Waals surface area contributed by atoms with Crippen molar-refractivity contribution < 1.29 is 18.3 Å². The first-order chi connectivity index (χ1) is 10.0. The summed E-state index contributed by atoms with van der Waals surface area (Å²) in [6, 6.07) is 6.09. The number of nitrogens with zero attached hydrogens (tertiary/aromatic N) is 2. The Hall–Kier alpha value is -2.06. The van der Waals surface area contributed by atoms with Crippen LogP contribution in [0.25, 0.3) is 0 Å². The van der Waals surface area contributed by atoms with E-state index in [9.17, 15) is 8.42 Å². The minimum atomic E-state index is -3.64. The first-order valence-corrected chi connectivity index (χ1v) is 7.85. The van der Waals surface area contributed by atoms with Gasteiger partial charge in [-0.3, -0.25) is 9.40 Å². The largest absolute Gasteiger partial charge is 0.494 e. The van der Waals surface area contributed by atoms with Gasteiger partial charge in [-0.25, -0.2) is 8.42 Å². The number of aliphatic hydroxyl groups excluding tert-OH is 1. The van der Waals surface area contributed by atoms with E-state index in [1.807, 2.05) is 0 Å². The molecule has 0 spiro atoms. The molecule has 2 N–H and O–H groups in total. The summed E-state index contributed by atoms with van der Waals surface area (Å²) in [7, 11) is -1.94. The second-order valence-corrected chi connectivity index (χ2v) is 6.09. The molecule has 0 aliphatic rings. The van der Waals surface area contributed by atoms with Crippen LogP contribution in [-0.4, -0.2) is 36.5 Å². The van der Waals surface area contributed by atoms with Gasteiger partial charge in [0.1, 0.15) is 5.75 Å². The highest BCUT2D eigenvalue weighted by Crippen LogP contribution is 2.19. The second-order valence-electron chi connectivity index (χ2n) is 4.41. The van der Waals surface area contributed by atoms with Gasteiger partial charge in [0.15, 0.2) is 0 Å². The fourth-order valence-electron chi connectivity index (χ4n) is 1.66. The summed E-state index contributed by atoms with van der Waals surface area (Å²) < 4.78 is 33.6. The van der Waals surface area contributed by atoms with Crippen LogP contribution in [0.2, 0.25) is 0 Å². The van der Waals surface area contributed by atoms with Crippen LogP contribution in [0.4, 0.5) is 5.69 Å². The van der Waals surface area contributed by atoms with Crippen molar-refractivity contribution in [1.82, 2.24) is 9.78 Å². The quantitative estimate of drug-likeness (QED) is 0.744. The molecule has 21 heavy (non-hydrogen) atoms. The summed E-state index contributed by atoms with van der Waals surface area (Å²) in [6.07, 6.45) is 3.54. The monoisotopic (exact) mass is 311 g/mol. The Kier molecular flexibility index (Phi) is 4.81. The maximum atomic E-state index is 12.2. The molecule has 0 fully saturated rings. The molecule has 0 saturated carbocycles. The van der Waals surface area contributed by atoms with Crippen molar-refractivity contribution in [3.8, 4) is 5.75 Å². The minimum Gasteiger partial charge on any atom is -0.494 e. The van der Waals surface area contributed by atoms with Crippen molar-refractivity contribution >= 4 is 15.7 Å². The molecule has 1 aromatic heterocycles. The van der Waals surface area contributed by atoms with E-state index in [0.717, 1.165) is 0 Å². The zero-order chi connectivity index (χ0) is 15.3. The number of sulfonamides is 1. The lowest BCUT2D eigenvalue weighted by atomic mass is 10.3. The van der Waals surface area contributed by atoms with Crippen molar-refractivity contribution in [2.45, 2.75) is 11.3 Å². The van der Waals surface area contributed by atoms with Crippen molar-refractivity contribution in [1.29, 1.82) is 0 Å². The number of aryl methyl sites for hydroxylation is 1. The van der Waals surface area contributed by atoms with Crippen LogP contribution < -0.4 is 9.46 Å². The normalized spacial score (nSPS) is 11.3. The van der Waals surface area contributed by atoms with Crippen LogP contribution in [0.15, 0.2) is 41.6 Å². The smallest absolute Gasteiger partial charge is 0.261 e. The molecule has 7 nitrogen and oxygen atoms in total. The van der Waals surface area contributed by atoms with Crippen LogP contribution in [0.3, 0.4) is 0 Å². The lowest BCUT2D eigenvalue weighted by molar-refractivity contribution is 0.233. The molecular formula is C13H17N3O4S. The molecule has 0 bridgehead atoms. The van der Waals surface area contributed by atoms with Crippen LogP contribution >= 0.6 is 0 Å². The molecule has 114 valence electrons. The van der Waals surface area contributed by atoms with Gasteiger partial charge in [-0.15, -0.1) is 0 Å². The highest BCUT2D eigenvalue weighted by molar-refractivity contribution is 7.92. The molecular weight excluding hydrogens is 294 g/mol. The zero-order valence-corrected chi connectivity index (χ0v) is 12.4. The van der Waals surface area contributed by atoms with Gasteiger partial charge in [-0.2, -0.15) is 5.10 Å². The Bertz CT molecular complexity index is 680. The molecule has 0 radical (unpaired) electrons. The van der Waals surface area contributed by atoms with E-state index in [-0.39, 0.29) is 11.5 Å². The predicted octanol–water partition coefficient (Wildman–Crippen LogP) is 0.982. The predicted molar refractivity (Wildman–Crippen MR) is 77.7 cm³/mol. The minimum absolute atomic E-state index is 0.0570. The third-order valence-corrected chi connectivity index (χ3v) is 4.06. The molecule has 0 unspecified atom stereocenters. The van der Waals surface area contributed by atoms with Crippen molar-refractivity contribution in [2.75, 3.05) is 17.9 Å². The van der Waals surface area contributed by atoms with Gasteiger partial charge in [-0.05, 0) is 24.3 Å². The van der Waals surface area contributed by atoms with Crippen LogP contribution in [-0.2, 0) is 17.1 Å². The van der Waals surface area contributed by atoms with E-state index >= 15 is 0 Å². The highest BCUT2D eigenvalue weighted by Gasteiger charge is 2.14. The molecule has 0 saturated heterocycles. The average molecular weight is 311 g/mol. The van der Waals surface area contributed by atoms with Crippen LogP contribution in [0.5, 0.6) is 5.75 Å². The first-order valence-electron chi connectivity index (χ1n) is 6.36. The molecule has 1 aromatic carbocycles. The molecule has 2 rings (SSSR count). The Labute approximate surface area is 123 Å². The Morgan fingerprint density at radius 2 is 2.05 bits per heavy atom. The van der Waals surface area contributed by atoms with Gasteiger partial charge in [0.2, 0.25) is 0 Å². The van der Waals surface area contributed by atoms with Crippen molar-refractivity contribution in [3.05, 3.63) is 36.7 Å². The van der Waals surface area contributed by atoms with E-state index in [4.69, 9.17) is 9.84 Å². The summed E-state index contributed by atoms with van der Waals surface area (Å²) in [6.45, 7) is 0.442. The zero-order valence-electron chi connectivity index (χ0n) is 11.6. The van der Waals surface area contributed by atoms with E-state index in [1.165, 1.54) is 23.0 Å². The number of nitrogens with one attached hydrogen (secondary N) is 1. The standard InChI is InChI=1S/C13H17N3O4S/c1-16-10-11(9-14-16)15-21(18,19)13-5-3-12(4-6-13)20-8-2-7-17/h3-6,9-10,15,17H,2,7-8H2,1H3. The summed E-state index contributed by atoms with van der Waals surface area (Å²) in [5.41, 5.74) is 0.403. The molecule has 0 amide bonds. The number of aromatic nitrogens is 2. The van der Waals surface area contributed by atoms with Gasteiger partial charge in [0.05, 0.1) is 23.4 Å². The maximum absolute atomic E-state index is 12.2. The average Bonchev–Trinajstić information content (AvgIpc) is 2.84. The summed E-state index contributed by atoms with van der Waals surface area (Å²) in [5, 5.41) is 12.6. The van der Waals surface area contributed by atoms with Gasteiger partial charge in [-0.1, -0.05) is 0 Å². The van der Waals surface area contributed by atoms with Gasteiger partial charge in [0, 0.05) is 26.3 Å². The molecule has 0 atom stereocenters. The van der Waals surface area contributed by atoms with Crippen LogP contribution in [0, 0.1) is 0 Å². The van der Waals surface area contributed by atoms with Crippen LogP contribution in [0.1, 0.15) is 6.42 Å². The number of hydrogen-bond acceptors (Lipinski definition) is 5. The fraction of sp³-hybridized carbons (Fsp3) is 0.308. The van der Waals surface area contributed by atoms with E-state index in [1.54, 1.807) is 25.4 Å². The Morgan fingerprint density at radius 1 is 1.33 bits per heavy atom. The van der Waals surface area contributed by atoms with Crippen molar-refractivity contribution in [3.63, 3.8) is 0 Å². The number of rotatable bonds is 7. The number of hydrogen-bond donors (Lipinski definition) is 2. The van der Waals surface area contributed by atoms with Gasteiger partial charge >= 0.3 is 0 Å². The lowest BCUT2D eigenvalue weighted by Crippen LogP contribution is -2.12. The Morgan fingerprint density at radius 3 is 2.62 bits per heavy atom. The summed E-state index contributed by atoms with van der Waals surface area (Å²) in [5.74, 6) is 0.559. The number of anilines is 1. The van der Waals surface area contributed by atoms with Crippen molar-refractivity contribution in [2.24, 2.45) is 7.05 Å². The van der Waals surface area contributed by atoms with Gasteiger partial charge in [0.25, 0.3) is 10.0 Å². The fourth-order valence-corrected chi connectivity index (χ4v) is 2.69. The second kappa shape index (κ2) is 6.59. The van der Waals surface area contributed by atoms with E-state index in [0.29, 0.717) is 24.5 Å². The third kappa shape index (κ3) is 4.20. The van der Waals surface area contributed by atoms with E-state index < -0.39 is 10.0 Å². The molecule has 8 heteroatoms. The third-order valence-electron chi connectivity index (χ3n) is 2.66. The Balaban J connectivity index is 2.06. The number of ether oxygens (including phenoxy) is 1. The van der Waals surface area contributed by atoms with E-state index in [2.05, 4.69) is 9.82 Å².